The van der Waals surface area contributed by atoms with E-state index < -0.39 is 0 Å². The van der Waals surface area contributed by atoms with E-state index in [2.05, 4.69) is 26.0 Å². The number of rotatable bonds is 4. The number of likely N-dealkylation sites (N-methyl/N-ethyl adjacent to an activating group) is 1. The second-order valence-electron chi connectivity index (χ2n) is 5.62. The number of amides is 1. The SMILES string of the molecule is CC(C)c1ccc(N(C)C(=O)Cc2ccc(N)cc2)cc1.Cl. The Morgan fingerprint density at radius 2 is 1.59 bits per heavy atom. The number of halogens is 1. The highest BCUT2D eigenvalue weighted by Gasteiger charge is 2.12. The average Bonchev–Trinajstić information content (AvgIpc) is 2.49. The van der Waals surface area contributed by atoms with E-state index in [1.165, 1.54) is 5.56 Å². The maximum atomic E-state index is 12.3. The van der Waals surface area contributed by atoms with E-state index in [-0.39, 0.29) is 18.3 Å². The van der Waals surface area contributed by atoms with E-state index in [0.29, 0.717) is 18.0 Å². The van der Waals surface area contributed by atoms with Crippen molar-refractivity contribution in [2.24, 2.45) is 0 Å². The van der Waals surface area contributed by atoms with Gasteiger partial charge in [-0.2, -0.15) is 0 Å². The number of carbonyl (C=O) groups is 1. The first-order valence-electron chi connectivity index (χ1n) is 7.18. The van der Waals surface area contributed by atoms with Crippen LogP contribution in [0.4, 0.5) is 11.4 Å². The van der Waals surface area contributed by atoms with Crippen molar-refractivity contribution in [2.75, 3.05) is 17.7 Å². The van der Waals surface area contributed by atoms with E-state index in [0.717, 1.165) is 11.3 Å². The van der Waals surface area contributed by atoms with Gasteiger partial charge in [-0.25, -0.2) is 0 Å². The third kappa shape index (κ3) is 4.50. The Morgan fingerprint density at radius 1 is 1.05 bits per heavy atom. The highest BCUT2D eigenvalue weighted by molar-refractivity contribution is 5.94. The zero-order chi connectivity index (χ0) is 15.4. The van der Waals surface area contributed by atoms with Crippen molar-refractivity contribution in [1.82, 2.24) is 0 Å². The summed E-state index contributed by atoms with van der Waals surface area (Å²) in [4.78, 5) is 14.0. The first-order valence-corrected chi connectivity index (χ1v) is 7.18. The lowest BCUT2D eigenvalue weighted by molar-refractivity contribution is -0.117. The van der Waals surface area contributed by atoms with E-state index >= 15 is 0 Å². The van der Waals surface area contributed by atoms with Gasteiger partial charge >= 0.3 is 0 Å². The molecule has 0 radical (unpaired) electrons. The number of hydrogen-bond acceptors (Lipinski definition) is 2. The second-order valence-corrected chi connectivity index (χ2v) is 5.62. The Hall–Kier alpha value is -2.00. The van der Waals surface area contributed by atoms with Gasteiger partial charge in [0.15, 0.2) is 0 Å². The molecule has 0 fully saturated rings. The highest BCUT2D eigenvalue weighted by Crippen LogP contribution is 2.20. The van der Waals surface area contributed by atoms with Gasteiger partial charge in [0.1, 0.15) is 0 Å². The molecular formula is C18H23ClN2O. The number of carbonyl (C=O) groups excluding carboxylic acids is 1. The minimum absolute atomic E-state index is 0. The highest BCUT2D eigenvalue weighted by atomic mass is 35.5. The zero-order valence-corrected chi connectivity index (χ0v) is 14.1. The molecule has 2 aromatic carbocycles. The van der Waals surface area contributed by atoms with Crippen LogP contribution in [0, 0.1) is 0 Å². The summed E-state index contributed by atoms with van der Waals surface area (Å²) >= 11 is 0. The molecule has 1 amide bonds. The van der Waals surface area contributed by atoms with Gasteiger partial charge in [0.05, 0.1) is 6.42 Å². The maximum Gasteiger partial charge on any atom is 0.231 e. The normalized spacial score (nSPS) is 10.2. The molecule has 0 aliphatic heterocycles. The molecule has 118 valence electrons. The van der Waals surface area contributed by atoms with E-state index in [1.807, 2.05) is 43.4 Å². The summed E-state index contributed by atoms with van der Waals surface area (Å²) in [6.45, 7) is 4.32. The smallest absolute Gasteiger partial charge is 0.231 e. The van der Waals surface area contributed by atoms with Crippen LogP contribution in [0.15, 0.2) is 48.5 Å². The third-order valence-corrected chi connectivity index (χ3v) is 3.66. The molecule has 2 aromatic rings. The van der Waals surface area contributed by atoms with Crippen molar-refractivity contribution in [3.05, 3.63) is 59.7 Å². The molecule has 0 spiro atoms. The summed E-state index contributed by atoms with van der Waals surface area (Å²) in [5, 5.41) is 0. The van der Waals surface area contributed by atoms with Crippen LogP contribution in [0.1, 0.15) is 30.9 Å². The van der Waals surface area contributed by atoms with Gasteiger partial charge in [0, 0.05) is 18.4 Å². The van der Waals surface area contributed by atoms with Crippen molar-refractivity contribution in [3.8, 4) is 0 Å². The Labute approximate surface area is 138 Å². The van der Waals surface area contributed by atoms with Gasteiger partial charge in [-0.05, 0) is 41.3 Å². The summed E-state index contributed by atoms with van der Waals surface area (Å²) in [6, 6.07) is 15.6. The van der Waals surface area contributed by atoms with E-state index in [1.54, 1.807) is 4.90 Å². The Kier molecular flexibility index (Phi) is 6.44. The summed E-state index contributed by atoms with van der Waals surface area (Å²) in [5.41, 5.74) is 9.53. The van der Waals surface area contributed by atoms with Crippen LogP contribution in [0.25, 0.3) is 0 Å². The molecule has 0 heterocycles. The molecule has 0 unspecified atom stereocenters. The lowest BCUT2D eigenvalue weighted by atomic mass is 10.0. The molecule has 0 aliphatic carbocycles. The summed E-state index contributed by atoms with van der Waals surface area (Å²) < 4.78 is 0. The molecule has 22 heavy (non-hydrogen) atoms. The van der Waals surface area contributed by atoms with Gasteiger partial charge in [-0.1, -0.05) is 38.1 Å². The molecule has 0 saturated carbocycles. The molecule has 2 rings (SSSR count). The zero-order valence-electron chi connectivity index (χ0n) is 13.2. The van der Waals surface area contributed by atoms with Crippen molar-refractivity contribution in [1.29, 1.82) is 0 Å². The van der Waals surface area contributed by atoms with Crippen LogP contribution in [0.5, 0.6) is 0 Å². The molecule has 0 saturated heterocycles. The van der Waals surface area contributed by atoms with Crippen LogP contribution in [-0.4, -0.2) is 13.0 Å². The minimum Gasteiger partial charge on any atom is -0.399 e. The fraction of sp³-hybridized carbons (Fsp3) is 0.278. The molecule has 0 atom stereocenters. The number of nitrogens with two attached hydrogens (primary N) is 1. The Bertz CT molecular complexity index is 606. The third-order valence-electron chi connectivity index (χ3n) is 3.66. The predicted molar refractivity (Wildman–Crippen MR) is 95.7 cm³/mol. The number of nitrogen functional groups attached to an aromatic ring is 1. The van der Waals surface area contributed by atoms with E-state index in [4.69, 9.17) is 5.73 Å². The van der Waals surface area contributed by atoms with Gasteiger partial charge in [-0.15, -0.1) is 12.4 Å². The van der Waals surface area contributed by atoms with Crippen LogP contribution >= 0.6 is 12.4 Å². The second kappa shape index (κ2) is 7.85. The Balaban J connectivity index is 0.00000242. The van der Waals surface area contributed by atoms with Gasteiger partial charge in [0.25, 0.3) is 0 Å². The number of hydrogen-bond donors (Lipinski definition) is 1. The maximum absolute atomic E-state index is 12.3. The summed E-state index contributed by atoms with van der Waals surface area (Å²) in [6.07, 6.45) is 0.378. The first-order chi connectivity index (χ1) is 9.97. The van der Waals surface area contributed by atoms with Crippen molar-refractivity contribution >= 4 is 29.7 Å². The van der Waals surface area contributed by atoms with Crippen molar-refractivity contribution < 1.29 is 4.79 Å². The van der Waals surface area contributed by atoms with E-state index in [9.17, 15) is 4.79 Å². The molecule has 3 nitrogen and oxygen atoms in total. The molecule has 0 aliphatic rings. The van der Waals surface area contributed by atoms with Crippen LogP contribution < -0.4 is 10.6 Å². The number of anilines is 2. The summed E-state index contributed by atoms with van der Waals surface area (Å²) in [7, 11) is 1.81. The average molecular weight is 319 g/mol. The van der Waals surface area contributed by atoms with Crippen LogP contribution in [0.3, 0.4) is 0 Å². The quantitative estimate of drug-likeness (QED) is 0.865. The molecule has 4 heteroatoms. The monoisotopic (exact) mass is 318 g/mol. The molecule has 0 bridgehead atoms. The minimum atomic E-state index is 0. The fourth-order valence-corrected chi connectivity index (χ4v) is 2.16. The number of nitrogens with zero attached hydrogens (tertiary/aromatic N) is 1. The molecular weight excluding hydrogens is 296 g/mol. The predicted octanol–water partition coefficient (Wildman–Crippen LogP) is 4.02. The standard InChI is InChI=1S/C18H22N2O.ClH/c1-13(2)15-6-10-17(11-7-15)20(3)18(21)12-14-4-8-16(19)9-5-14;/h4-11,13H,12,19H2,1-3H3;1H. The molecule has 2 N–H and O–H groups in total. The van der Waals surface area contributed by atoms with Gasteiger partial charge in [0.2, 0.25) is 5.91 Å². The first kappa shape index (κ1) is 18.1. The largest absolute Gasteiger partial charge is 0.399 e. The van der Waals surface area contributed by atoms with Crippen molar-refractivity contribution in [3.63, 3.8) is 0 Å². The van der Waals surface area contributed by atoms with Crippen LogP contribution in [-0.2, 0) is 11.2 Å². The Morgan fingerprint density at radius 3 is 2.09 bits per heavy atom. The summed E-state index contributed by atoms with van der Waals surface area (Å²) in [5.74, 6) is 0.562. The molecule has 0 aromatic heterocycles. The fourth-order valence-electron chi connectivity index (χ4n) is 2.16. The van der Waals surface area contributed by atoms with Gasteiger partial charge < -0.3 is 10.6 Å². The van der Waals surface area contributed by atoms with Gasteiger partial charge in [-0.3, -0.25) is 4.79 Å². The lowest BCUT2D eigenvalue weighted by Crippen LogP contribution is -2.27. The number of benzene rings is 2. The van der Waals surface area contributed by atoms with Crippen molar-refractivity contribution in [2.45, 2.75) is 26.2 Å². The van der Waals surface area contributed by atoms with Crippen LogP contribution in [0.2, 0.25) is 0 Å². The topological polar surface area (TPSA) is 46.3 Å². The lowest BCUT2D eigenvalue weighted by Gasteiger charge is -2.18.